The highest BCUT2D eigenvalue weighted by Crippen LogP contribution is 2.26. The lowest BCUT2D eigenvalue weighted by Crippen LogP contribution is -2.31. The highest BCUT2D eigenvalue weighted by molar-refractivity contribution is 7.92. The molecule has 0 heterocycles. The Bertz CT molecular complexity index is 1210. The minimum atomic E-state index is -3.96. The Kier molecular flexibility index (Phi) is 7.69. The zero-order valence-electron chi connectivity index (χ0n) is 17.5. The number of methoxy groups -OCH3 is 1. The molecular weight excluding hydrogens is 448 g/mol. The molecule has 0 spiro atoms. The molecule has 0 aliphatic heterocycles. The maximum Gasteiger partial charge on any atom is 0.264 e. The van der Waals surface area contributed by atoms with Gasteiger partial charge in [0.05, 0.1) is 23.7 Å². The number of hydrogen-bond acceptors (Lipinski definition) is 4. The third-order valence-corrected chi connectivity index (χ3v) is 6.70. The zero-order chi connectivity index (χ0) is 23.1. The van der Waals surface area contributed by atoms with Gasteiger partial charge < -0.3 is 10.1 Å². The van der Waals surface area contributed by atoms with Gasteiger partial charge in [-0.1, -0.05) is 41.9 Å². The maximum atomic E-state index is 13.4. The van der Waals surface area contributed by atoms with Crippen molar-refractivity contribution in [3.05, 3.63) is 102 Å². The molecule has 0 aromatic heterocycles. The standard InChI is InChI=1S/C24H23ClN2O4S/c1-3-15-27(21-13-11-20(25)12-14-21)32(29,30)22-9-6-8-18(16-22)24(28)26-23-10-5-4-7-19(23)17-31-2/h3-14,16H,1,15,17H2,2H3,(H,26,28). The lowest BCUT2D eigenvalue weighted by atomic mass is 10.1. The van der Waals surface area contributed by atoms with Crippen LogP contribution in [0.25, 0.3) is 0 Å². The number of sulfonamides is 1. The van der Waals surface area contributed by atoms with E-state index in [0.29, 0.717) is 23.0 Å². The molecule has 0 fully saturated rings. The zero-order valence-corrected chi connectivity index (χ0v) is 19.1. The lowest BCUT2D eigenvalue weighted by Gasteiger charge is -2.23. The van der Waals surface area contributed by atoms with Crippen molar-refractivity contribution in [2.45, 2.75) is 11.5 Å². The summed E-state index contributed by atoms with van der Waals surface area (Å²) in [5.41, 5.74) is 2.07. The van der Waals surface area contributed by atoms with Gasteiger partial charge in [-0.3, -0.25) is 9.10 Å². The molecule has 8 heteroatoms. The maximum absolute atomic E-state index is 13.4. The quantitative estimate of drug-likeness (QED) is 0.440. The van der Waals surface area contributed by atoms with Crippen LogP contribution in [0, 0.1) is 0 Å². The molecule has 0 aliphatic carbocycles. The summed E-state index contributed by atoms with van der Waals surface area (Å²) in [4.78, 5) is 12.9. The summed E-state index contributed by atoms with van der Waals surface area (Å²) in [5, 5.41) is 3.32. The van der Waals surface area contributed by atoms with Crippen molar-refractivity contribution in [2.24, 2.45) is 0 Å². The molecule has 6 nitrogen and oxygen atoms in total. The van der Waals surface area contributed by atoms with Gasteiger partial charge in [-0.15, -0.1) is 6.58 Å². The van der Waals surface area contributed by atoms with E-state index in [0.717, 1.165) is 5.56 Å². The normalized spacial score (nSPS) is 11.1. The van der Waals surface area contributed by atoms with Crippen molar-refractivity contribution < 1.29 is 17.9 Å². The number of benzene rings is 3. The van der Waals surface area contributed by atoms with Gasteiger partial charge in [0, 0.05) is 28.9 Å². The second-order valence-corrected chi connectivity index (χ2v) is 9.17. The monoisotopic (exact) mass is 470 g/mol. The fraction of sp³-hybridized carbons (Fsp3) is 0.125. The van der Waals surface area contributed by atoms with E-state index in [1.54, 1.807) is 49.6 Å². The van der Waals surface area contributed by atoms with Crippen LogP contribution in [0.15, 0.2) is 90.3 Å². The summed E-state index contributed by atoms with van der Waals surface area (Å²) in [6, 6.07) is 19.6. The SMILES string of the molecule is C=CCN(c1ccc(Cl)cc1)S(=O)(=O)c1cccc(C(=O)Nc2ccccc2COC)c1. The van der Waals surface area contributed by atoms with Crippen molar-refractivity contribution in [3.63, 3.8) is 0 Å². The summed E-state index contributed by atoms with van der Waals surface area (Å²) < 4.78 is 33.1. The summed E-state index contributed by atoms with van der Waals surface area (Å²) >= 11 is 5.94. The smallest absolute Gasteiger partial charge is 0.264 e. The molecule has 0 radical (unpaired) electrons. The number of ether oxygens (including phenoxy) is 1. The van der Waals surface area contributed by atoms with Crippen LogP contribution in [0.5, 0.6) is 0 Å². The van der Waals surface area contributed by atoms with Crippen LogP contribution in [0.2, 0.25) is 5.02 Å². The Hall–Kier alpha value is -3.13. The molecule has 32 heavy (non-hydrogen) atoms. The molecule has 0 bridgehead atoms. The van der Waals surface area contributed by atoms with Gasteiger partial charge in [0.15, 0.2) is 0 Å². The van der Waals surface area contributed by atoms with E-state index < -0.39 is 15.9 Å². The van der Waals surface area contributed by atoms with Crippen LogP contribution in [-0.4, -0.2) is 28.0 Å². The van der Waals surface area contributed by atoms with E-state index in [1.165, 1.54) is 28.6 Å². The number of rotatable bonds is 9. The molecule has 0 aliphatic rings. The van der Waals surface area contributed by atoms with Crippen LogP contribution < -0.4 is 9.62 Å². The van der Waals surface area contributed by atoms with Crippen molar-refractivity contribution >= 4 is 38.9 Å². The number of carbonyl (C=O) groups excluding carboxylic acids is 1. The molecule has 166 valence electrons. The molecule has 0 unspecified atom stereocenters. The summed E-state index contributed by atoms with van der Waals surface area (Å²) in [6.45, 7) is 4.06. The van der Waals surface area contributed by atoms with E-state index in [1.807, 2.05) is 12.1 Å². The van der Waals surface area contributed by atoms with Gasteiger partial charge in [0.2, 0.25) is 0 Å². The van der Waals surface area contributed by atoms with Crippen LogP contribution >= 0.6 is 11.6 Å². The number of para-hydroxylation sites is 1. The molecule has 0 atom stereocenters. The van der Waals surface area contributed by atoms with Gasteiger partial charge in [0.25, 0.3) is 15.9 Å². The van der Waals surface area contributed by atoms with E-state index >= 15 is 0 Å². The van der Waals surface area contributed by atoms with Gasteiger partial charge in [-0.2, -0.15) is 0 Å². The number of nitrogens with zero attached hydrogens (tertiary/aromatic N) is 1. The molecule has 3 aromatic rings. The first-order chi connectivity index (χ1) is 15.4. The number of amides is 1. The molecular formula is C24H23ClN2O4S. The van der Waals surface area contributed by atoms with Gasteiger partial charge in [-0.05, 0) is 48.5 Å². The average Bonchev–Trinajstić information content (AvgIpc) is 2.79. The molecule has 1 amide bonds. The topological polar surface area (TPSA) is 75.7 Å². The van der Waals surface area contributed by atoms with Crippen LogP contribution in [0.4, 0.5) is 11.4 Å². The van der Waals surface area contributed by atoms with E-state index in [2.05, 4.69) is 11.9 Å². The Labute approximate surface area is 193 Å². The summed E-state index contributed by atoms with van der Waals surface area (Å²) in [6.07, 6.45) is 1.50. The summed E-state index contributed by atoms with van der Waals surface area (Å²) in [5.74, 6) is -0.424. The second kappa shape index (κ2) is 10.5. The first-order valence-corrected chi connectivity index (χ1v) is 11.6. The number of halogens is 1. The van der Waals surface area contributed by atoms with Crippen LogP contribution in [0.3, 0.4) is 0 Å². The highest BCUT2D eigenvalue weighted by atomic mass is 35.5. The Balaban J connectivity index is 1.92. The largest absolute Gasteiger partial charge is 0.380 e. The van der Waals surface area contributed by atoms with Crippen LogP contribution in [0.1, 0.15) is 15.9 Å². The summed E-state index contributed by atoms with van der Waals surface area (Å²) in [7, 11) is -2.38. The predicted octanol–water partition coefficient (Wildman–Crippen LogP) is 5.12. The van der Waals surface area contributed by atoms with Crippen molar-refractivity contribution in [1.82, 2.24) is 0 Å². The van der Waals surface area contributed by atoms with Gasteiger partial charge in [0.1, 0.15) is 0 Å². The minimum Gasteiger partial charge on any atom is -0.380 e. The highest BCUT2D eigenvalue weighted by Gasteiger charge is 2.25. The predicted molar refractivity (Wildman–Crippen MR) is 128 cm³/mol. The average molecular weight is 471 g/mol. The van der Waals surface area contributed by atoms with Gasteiger partial charge >= 0.3 is 0 Å². The minimum absolute atomic E-state index is 0.00729. The van der Waals surface area contributed by atoms with E-state index in [-0.39, 0.29) is 17.0 Å². The van der Waals surface area contributed by atoms with E-state index in [4.69, 9.17) is 16.3 Å². The molecule has 1 N–H and O–H groups in total. The Morgan fingerprint density at radius 3 is 2.50 bits per heavy atom. The first kappa shape index (κ1) is 23.5. The number of anilines is 2. The third-order valence-electron chi connectivity index (χ3n) is 4.66. The van der Waals surface area contributed by atoms with Crippen molar-refractivity contribution in [1.29, 1.82) is 0 Å². The first-order valence-electron chi connectivity index (χ1n) is 9.74. The molecule has 3 rings (SSSR count). The number of nitrogens with one attached hydrogen (secondary N) is 1. The van der Waals surface area contributed by atoms with Crippen LogP contribution in [-0.2, 0) is 21.4 Å². The number of carbonyl (C=O) groups is 1. The lowest BCUT2D eigenvalue weighted by molar-refractivity contribution is 0.102. The number of hydrogen-bond donors (Lipinski definition) is 1. The van der Waals surface area contributed by atoms with E-state index in [9.17, 15) is 13.2 Å². The van der Waals surface area contributed by atoms with Crippen molar-refractivity contribution in [2.75, 3.05) is 23.3 Å². The van der Waals surface area contributed by atoms with Crippen molar-refractivity contribution in [3.8, 4) is 0 Å². The Morgan fingerprint density at radius 2 is 1.81 bits per heavy atom. The molecule has 0 saturated heterocycles. The molecule has 3 aromatic carbocycles. The second-order valence-electron chi connectivity index (χ2n) is 6.87. The fourth-order valence-corrected chi connectivity index (χ4v) is 4.72. The Morgan fingerprint density at radius 1 is 1.09 bits per heavy atom. The van der Waals surface area contributed by atoms with Gasteiger partial charge in [-0.25, -0.2) is 8.42 Å². The molecule has 0 saturated carbocycles. The fourth-order valence-electron chi connectivity index (χ4n) is 3.11. The third kappa shape index (κ3) is 5.37.